The third-order valence-electron chi connectivity index (χ3n) is 4.01. The first-order valence-corrected chi connectivity index (χ1v) is 7.35. The molecule has 0 spiro atoms. The summed E-state index contributed by atoms with van der Waals surface area (Å²) in [4.78, 5) is 2.16. The molecular formula is C16H19F3N2. The first kappa shape index (κ1) is 15.7. The molecule has 21 heavy (non-hydrogen) atoms. The highest BCUT2D eigenvalue weighted by Crippen LogP contribution is 2.35. The molecule has 114 valence electrons. The van der Waals surface area contributed by atoms with Crippen LogP contribution in [0.1, 0.15) is 50.2 Å². The molecule has 1 aliphatic heterocycles. The van der Waals surface area contributed by atoms with E-state index in [1.165, 1.54) is 12.1 Å². The van der Waals surface area contributed by atoms with Crippen LogP contribution < -0.4 is 4.90 Å². The maximum Gasteiger partial charge on any atom is 0.417 e. The number of benzene rings is 1. The topological polar surface area (TPSA) is 27.0 Å². The molecular weight excluding hydrogens is 277 g/mol. The minimum Gasteiger partial charge on any atom is -0.369 e. The number of nitrogens with zero attached hydrogens (tertiary/aromatic N) is 2. The standard InChI is InChI=1S/C16H19F3N2/c1-2-5-13-6-3-4-9-21(13)14-7-8-15(16(17,18)19)12(10-14)11-20/h7-8,10,13H,2-6,9H2,1H3. The lowest BCUT2D eigenvalue weighted by molar-refractivity contribution is -0.137. The van der Waals surface area contributed by atoms with Crippen LogP contribution in [0.5, 0.6) is 0 Å². The number of rotatable bonds is 3. The van der Waals surface area contributed by atoms with Gasteiger partial charge in [0.25, 0.3) is 0 Å². The molecule has 5 heteroatoms. The largest absolute Gasteiger partial charge is 0.417 e. The van der Waals surface area contributed by atoms with Crippen LogP contribution in [-0.2, 0) is 6.18 Å². The van der Waals surface area contributed by atoms with E-state index in [-0.39, 0.29) is 5.56 Å². The highest BCUT2D eigenvalue weighted by molar-refractivity contribution is 5.56. The highest BCUT2D eigenvalue weighted by Gasteiger charge is 2.34. The van der Waals surface area contributed by atoms with Gasteiger partial charge in [0.1, 0.15) is 0 Å². The monoisotopic (exact) mass is 296 g/mol. The number of alkyl halides is 3. The molecule has 0 N–H and O–H groups in total. The van der Waals surface area contributed by atoms with Gasteiger partial charge in [-0.25, -0.2) is 0 Å². The van der Waals surface area contributed by atoms with Crippen molar-refractivity contribution in [3.8, 4) is 6.07 Å². The normalized spacial score (nSPS) is 19.4. The summed E-state index contributed by atoms with van der Waals surface area (Å²) in [6.45, 7) is 2.96. The second-order valence-electron chi connectivity index (χ2n) is 5.47. The molecule has 1 fully saturated rings. The van der Waals surface area contributed by atoms with E-state index >= 15 is 0 Å². The van der Waals surface area contributed by atoms with Crippen molar-refractivity contribution >= 4 is 5.69 Å². The quantitative estimate of drug-likeness (QED) is 0.805. The summed E-state index contributed by atoms with van der Waals surface area (Å²) in [6.07, 6.45) is 0.872. The lowest BCUT2D eigenvalue weighted by Crippen LogP contribution is -2.39. The molecule has 1 heterocycles. The van der Waals surface area contributed by atoms with Gasteiger partial charge in [-0.05, 0) is 43.9 Å². The second kappa shape index (κ2) is 6.38. The molecule has 1 saturated heterocycles. The predicted octanol–water partition coefficient (Wildman–Crippen LogP) is 4.74. The summed E-state index contributed by atoms with van der Waals surface area (Å²) in [5.74, 6) is 0. The van der Waals surface area contributed by atoms with E-state index in [1.807, 2.05) is 0 Å². The van der Waals surface area contributed by atoms with E-state index in [2.05, 4.69) is 11.8 Å². The third-order valence-corrected chi connectivity index (χ3v) is 4.01. The molecule has 0 radical (unpaired) electrons. The minimum atomic E-state index is -4.48. The van der Waals surface area contributed by atoms with Crippen LogP contribution in [0.3, 0.4) is 0 Å². The van der Waals surface area contributed by atoms with E-state index in [0.717, 1.165) is 50.4 Å². The molecule has 1 aliphatic rings. The summed E-state index contributed by atoms with van der Waals surface area (Å²) in [6, 6.07) is 5.97. The summed E-state index contributed by atoms with van der Waals surface area (Å²) < 4.78 is 38.5. The van der Waals surface area contributed by atoms with Crippen LogP contribution in [0.2, 0.25) is 0 Å². The Morgan fingerprint density at radius 3 is 2.71 bits per heavy atom. The van der Waals surface area contributed by atoms with E-state index in [0.29, 0.717) is 6.04 Å². The van der Waals surface area contributed by atoms with Gasteiger partial charge in [0.2, 0.25) is 0 Å². The number of hydrogen-bond donors (Lipinski definition) is 0. The van der Waals surface area contributed by atoms with E-state index in [1.54, 1.807) is 6.07 Å². The SMILES string of the molecule is CCCC1CCCCN1c1ccc(C(F)(F)F)c(C#N)c1. The first-order valence-electron chi connectivity index (χ1n) is 7.35. The maximum absolute atomic E-state index is 12.8. The van der Waals surface area contributed by atoms with E-state index in [9.17, 15) is 13.2 Å². The van der Waals surface area contributed by atoms with Crippen LogP contribution in [-0.4, -0.2) is 12.6 Å². The number of nitriles is 1. The third kappa shape index (κ3) is 3.49. The Kier molecular flexibility index (Phi) is 4.76. The van der Waals surface area contributed by atoms with E-state index in [4.69, 9.17) is 5.26 Å². The van der Waals surface area contributed by atoms with Gasteiger partial charge in [-0.1, -0.05) is 13.3 Å². The number of piperidine rings is 1. The lowest BCUT2D eigenvalue weighted by atomic mass is 9.96. The fraction of sp³-hybridized carbons (Fsp3) is 0.562. The van der Waals surface area contributed by atoms with Crippen LogP contribution >= 0.6 is 0 Å². The minimum absolute atomic E-state index is 0.291. The van der Waals surface area contributed by atoms with Crippen LogP contribution in [0.15, 0.2) is 18.2 Å². The van der Waals surface area contributed by atoms with Gasteiger partial charge >= 0.3 is 6.18 Å². The fourth-order valence-electron chi connectivity index (χ4n) is 3.02. The number of anilines is 1. The molecule has 1 unspecified atom stereocenters. The summed E-state index contributed by atoms with van der Waals surface area (Å²) in [7, 11) is 0. The molecule has 1 atom stereocenters. The van der Waals surface area contributed by atoms with Gasteiger partial charge in [0.15, 0.2) is 0 Å². The average molecular weight is 296 g/mol. The molecule has 1 aromatic rings. The Morgan fingerprint density at radius 2 is 2.10 bits per heavy atom. The average Bonchev–Trinajstić information content (AvgIpc) is 2.46. The van der Waals surface area contributed by atoms with Crippen molar-refractivity contribution in [2.45, 2.75) is 51.2 Å². The Balaban J connectivity index is 2.34. The fourth-order valence-corrected chi connectivity index (χ4v) is 3.02. The van der Waals surface area contributed by atoms with Crippen LogP contribution in [0, 0.1) is 11.3 Å². The second-order valence-corrected chi connectivity index (χ2v) is 5.47. The number of halogens is 3. The van der Waals surface area contributed by atoms with Gasteiger partial charge < -0.3 is 4.90 Å². The van der Waals surface area contributed by atoms with Crippen molar-refractivity contribution in [1.29, 1.82) is 5.26 Å². The highest BCUT2D eigenvalue weighted by atomic mass is 19.4. The maximum atomic E-state index is 12.8. The van der Waals surface area contributed by atoms with Crippen LogP contribution in [0.4, 0.5) is 18.9 Å². The van der Waals surface area contributed by atoms with Crippen molar-refractivity contribution < 1.29 is 13.2 Å². The zero-order chi connectivity index (χ0) is 15.5. The van der Waals surface area contributed by atoms with Gasteiger partial charge in [-0.2, -0.15) is 18.4 Å². The predicted molar refractivity (Wildman–Crippen MR) is 76.1 cm³/mol. The summed E-state index contributed by atoms with van der Waals surface area (Å²) >= 11 is 0. The molecule has 0 saturated carbocycles. The molecule has 0 aromatic heterocycles. The Morgan fingerprint density at radius 1 is 1.33 bits per heavy atom. The Hall–Kier alpha value is -1.70. The van der Waals surface area contributed by atoms with Crippen molar-refractivity contribution in [3.05, 3.63) is 29.3 Å². The zero-order valence-corrected chi connectivity index (χ0v) is 12.1. The molecule has 0 bridgehead atoms. The van der Waals surface area contributed by atoms with Gasteiger partial charge in [-0.3, -0.25) is 0 Å². The Bertz CT molecular complexity index is 529. The zero-order valence-electron chi connectivity index (χ0n) is 12.1. The van der Waals surface area contributed by atoms with Crippen molar-refractivity contribution in [2.24, 2.45) is 0 Å². The van der Waals surface area contributed by atoms with E-state index < -0.39 is 11.7 Å². The Labute approximate surface area is 123 Å². The van der Waals surface area contributed by atoms with Crippen molar-refractivity contribution in [1.82, 2.24) is 0 Å². The summed E-state index contributed by atoms with van der Waals surface area (Å²) in [5.41, 5.74) is -0.406. The van der Waals surface area contributed by atoms with Crippen molar-refractivity contribution in [2.75, 3.05) is 11.4 Å². The molecule has 2 rings (SSSR count). The lowest BCUT2D eigenvalue weighted by Gasteiger charge is -2.38. The molecule has 2 nitrogen and oxygen atoms in total. The van der Waals surface area contributed by atoms with Gasteiger partial charge in [-0.15, -0.1) is 0 Å². The smallest absolute Gasteiger partial charge is 0.369 e. The van der Waals surface area contributed by atoms with Gasteiger partial charge in [0, 0.05) is 18.3 Å². The molecule has 0 aliphatic carbocycles. The molecule has 1 aromatic carbocycles. The van der Waals surface area contributed by atoms with Crippen LogP contribution in [0.25, 0.3) is 0 Å². The number of hydrogen-bond acceptors (Lipinski definition) is 2. The first-order chi connectivity index (χ1) is 9.97. The van der Waals surface area contributed by atoms with Crippen molar-refractivity contribution in [3.63, 3.8) is 0 Å². The summed E-state index contributed by atoms with van der Waals surface area (Å²) in [5, 5.41) is 9.01. The molecule has 0 amide bonds. The van der Waals surface area contributed by atoms with Gasteiger partial charge in [0.05, 0.1) is 17.2 Å².